The summed E-state index contributed by atoms with van der Waals surface area (Å²) >= 11 is 0. The Labute approximate surface area is 186 Å². The summed E-state index contributed by atoms with van der Waals surface area (Å²) in [5, 5.41) is 10.2. The first kappa shape index (κ1) is 22.7. The minimum Gasteiger partial charge on any atom is -0.361 e. The number of rotatable bonds is 6. The van der Waals surface area contributed by atoms with E-state index in [1.165, 1.54) is 13.0 Å². The zero-order valence-corrected chi connectivity index (χ0v) is 18.7. The van der Waals surface area contributed by atoms with E-state index < -0.39 is 0 Å². The molecule has 0 bridgehead atoms. The normalized spacial score (nSPS) is 11.1. The van der Waals surface area contributed by atoms with E-state index >= 15 is 0 Å². The van der Waals surface area contributed by atoms with Gasteiger partial charge in [-0.1, -0.05) is 12.1 Å². The van der Waals surface area contributed by atoms with E-state index in [1.54, 1.807) is 19.2 Å². The number of carbonyl (C=O) groups is 1. The quantitative estimate of drug-likeness (QED) is 0.232. The molecule has 154 valence electrons. The van der Waals surface area contributed by atoms with Crippen LogP contribution >= 0.6 is 24.0 Å². The number of anilines is 1. The lowest BCUT2D eigenvalue weighted by atomic mass is 10.1. The van der Waals surface area contributed by atoms with Crippen molar-refractivity contribution in [3.63, 3.8) is 0 Å². The molecule has 1 aromatic heterocycles. The van der Waals surface area contributed by atoms with Crippen LogP contribution in [0.15, 0.2) is 53.7 Å². The summed E-state index contributed by atoms with van der Waals surface area (Å²) in [4.78, 5) is 18.6. The van der Waals surface area contributed by atoms with Gasteiger partial charge in [0.05, 0.1) is 0 Å². The number of halogens is 2. The number of hydrogen-bond acceptors (Lipinski definition) is 2. The lowest BCUT2D eigenvalue weighted by molar-refractivity contribution is -0.114. The molecule has 29 heavy (non-hydrogen) atoms. The zero-order chi connectivity index (χ0) is 19.9. The molecule has 1 heterocycles. The van der Waals surface area contributed by atoms with Gasteiger partial charge in [0.2, 0.25) is 5.91 Å². The van der Waals surface area contributed by atoms with Gasteiger partial charge in [-0.2, -0.15) is 0 Å². The number of nitrogens with zero attached hydrogens (tertiary/aromatic N) is 1. The van der Waals surface area contributed by atoms with Crippen LogP contribution in [-0.4, -0.2) is 30.4 Å². The lowest BCUT2D eigenvalue weighted by Gasteiger charge is -2.12. The molecule has 2 aromatic carbocycles. The maximum atomic E-state index is 13.5. The first-order valence-electron chi connectivity index (χ1n) is 9.11. The van der Waals surface area contributed by atoms with Crippen molar-refractivity contribution in [3.8, 4) is 0 Å². The predicted octanol–water partition coefficient (Wildman–Crippen LogP) is 3.79. The smallest absolute Gasteiger partial charge is 0.221 e. The van der Waals surface area contributed by atoms with E-state index in [2.05, 4.69) is 25.9 Å². The lowest BCUT2D eigenvalue weighted by Crippen LogP contribution is -2.37. The van der Waals surface area contributed by atoms with E-state index in [0.717, 1.165) is 34.1 Å². The summed E-state index contributed by atoms with van der Waals surface area (Å²) in [5.41, 5.74) is 3.78. The number of aromatic nitrogens is 1. The summed E-state index contributed by atoms with van der Waals surface area (Å²) in [6.07, 6.45) is 2.65. The number of guanidine groups is 1. The Bertz CT molecular complexity index is 1000. The number of aromatic amines is 1. The monoisotopic (exact) mass is 509 g/mol. The molecule has 3 aromatic rings. The molecule has 8 heteroatoms. The summed E-state index contributed by atoms with van der Waals surface area (Å²) in [6.45, 7) is 2.72. The van der Waals surface area contributed by atoms with E-state index in [1.807, 2.05) is 30.5 Å². The molecular formula is C21H25FIN5O. The minimum absolute atomic E-state index is 0. The van der Waals surface area contributed by atoms with Crippen LogP contribution in [-0.2, 0) is 17.8 Å². The molecule has 3 rings (SSSR count). The minimum atomic E-state index is -0.236. The highest BCUT2D eigenvalue weighted by atomic mass is 127. The summed E-state index contributed by atoms with van der Waals surface area (Å²) in [7, 11) is 1.71. The number of H-pyrrole nitrogens is 1. The molecular weight excluding hydrogens is 484 g/mol. The zero-order valence-electron chi connectivity index (χ0n) is 16.4. The van der Waals surface area contributed by atoms with E-state index in [0.29, 0.717) is 19.0 Å². The fourth-order valence-electron chi connectivity index (χ4n) is 3.04. The van der Waals surface area contributed by atoms with E-state index in [9.17, 15) is 9.18 Å². The van der Waals surface area contributed by atoms with Gasteiger partial charge in [-0.3, -0.25) is 9.79 Å². The van der Waals surface area contributed by atoms with Gasteiger partial charge in [-0.15, -0.1) is 24.0 Å². The Kier molecular flexibility index (Phi) is 8.44. The van der Waals surface area contributed by atoms with Gasteiger partial charge in [0.15, 0.2) is 5.96 Å². The van der Waals surface area contributed by atoms with Crippen LogP contribution in [0.25, 0.3) is 10.9 Å². The molecule has 1 amide bonds. The van der Waals surface area contributed by atoms with E-state index in [-0.39, 0.29) is 35.7 Å². The summed E-state index contributed by atoms with van der Waals surface area (Å²) in [6, 6.07) is 12.4. The van der Waals surface area contributed by atoms with Crippen molar-refractivity contribution in [2.45, 2.75) is 19.9 Å². The van der Waals surface area contributed by atoms with Gasteiger partial charge in [0.25, 0.3) is 0 Å². The Hall–Kier alpha value is -2.62. The molecule has 6 nitrogen and oxygen atoms in total. The van der Waals surface area contributed by atoms with Crippen molar-refractivity contribution < 1.29 is 9.18 Å². The molecule has 0 aliphatic carbocycles. The summed E-state index contributed by atoms with van der Waals surface area (Å²) < 4.78 is 13.5. The largest absolute Gasteiger partial charge is 0.361 e. The SMILES string of the molecule is CN=C(NCCc1c[nH]c2ccc(F)cc12)NCc1cccc(NC(C)=O)c1.I. The molecule has 0 aliphatic rings. The van der Waals surface area contributed by atoms with Crippen LogP contribution in [0.1, 0.15) is 18.1 Å². The maximum absolute atomic E-state index is 13.5. The van der Waals surface area contributed by atoms with Crippen LogP contribution < -0.4 is 16.0 Å². The average Bonchev–Trinajstić information content (AvgIpc) is 3.06. The van der Waals surface area contributed by atoms with Crippen molar-refractivity contribution in [3.05, 3.63) is 65.6 Å². The fraction of sp³-hybridized carbons (Fsp3) is 0.238. The Balaban J connectivity index is 0.00000300. The third-order valence-corrected chi connectivity index (χ3v) is 4.35. The molecule has 0 saturated carbocycles. The van der Waals surface area contributed by atoms with Gasteiger partial charge in [0, 0.05) is 49.8 Å². The molecule has 0 unspecified atom stereocenters. The number of fused-ring (bicyclic) bond motifs is 1. The highest BCUT2D eigenvalue weighted by Crippen LogP contribution is 2.19. The molecule has 0 atom stereocenters. The van der Waals surface area contributed by atoms with Crippen LogP contribution in [0.3, 0.4) is 0 Å². The Morgan fingerprint density at radius 1 is 1.17 bits per heavy atom. The Morgan fingerprint density at radius 3 is 2.76 bits per heavy atom. The molecule has 0 fully saturated rings. The number of hydrogen-bond donors (Lipinski definition) is 4. The number of nitrogens with one attached hydrogen (secondary N) is 4. The van der Waals surface area contributed by atoms with Gasteiger partial charge >= 0.3 is 0 Å². The molecule has 0 saturated heterocycles. The second-order valence-corrected chi connectivity index (χ2v) is 6.49. The van der Waals surface area contributed by atoms with E-state index in [4.69, 9.17) is 0 Å². The molecule has 0 radical (unpaired) electrons. The van der Waals surface area contributed by atoms with Crippen LogP contribution in [0, 0.1) is 5.82 Å². The second-order valence-electron chi connectivity index (χ2n) is 6.49. The van der Waals surface area contributed by atoms with Crippen molar-refractivity contribution >= 4 is 52.4 Å². The van der Waals surface area contributed by atoms with Gasteiger partial charge < -0.3 is 20.9 Å². The van der Waals surface area contributed by atoms with Crippen molar-refractivity contribution in [2.24, 2.45) is 4.99 Å². The number of aliphatic imine (C=N–C) groups is 1. The molecule has 0 spiro atoms. The first-order chi connectivity index (χ1) is 13.5. The predicted molar refractivity (Wildman–Crippen MR) is 126 cm³/mol. The van der Waals surface area contributed by atoms with Crippen molar-refractivity contribution in [1.29, 1.82) is 0 Å². The third-order valence-electron chi connectivity index (χ3n) is 4.35. The fourth-order valence-corrected chi connectivity index (χ4v) is 3.04. The number of amides is 1. The standard InChI is InChI=1S/C21H24FN5O.HI/c1-14(28)27-18-5-3-4-15(10-18)12-26-21(23-2)24-9-8-16-13-25-20-7-6-17(22)11-19(16)20;/h3-7,10-11,13,25H,8-9,12H2,1-2H3,(H,27,28)(H2,23,24,26);1H. The average molecular weight is 509 g/mol. The molecule has 4 N–H and O–H groups in total. The maximum Gasteiger partial charge on any atom is 0.221 e. The highest BCUT2D eigenvalue weighted by molar-refractivity contribution is 14.0. The van der Waals surface area contributed by atoms with Crippen molar-refractivity contribution in [1.82, 2.24) is 15.6 Å². The van der Waals surface area contributed by atoms with Crippen LogP contribution in [0.4, 0.5) is 10.1 Å². The second kappa shape index (κ2) is 10.8. The van der Waals surface area contributed by atoms with Crippen LogP contribution in [0.2, 0.25) is 0 Å². The number of benzene rings is 2. The van der Waals surface area contributed by atoms with Crippen molar-refractivity contribution in [2.75, 3.05) is 18.9 Å². The Morgan fingerprint density at radius 2 is 2.00 bits per heavy atom. The molecule has 0 aliphatic heterocycles. The van der Waals surface area contributed by atoms with Gasteiger partial charge in [-0.25, -0.2) is 4.39 Å². The van der Waals surface area contributed by atoms with Gasteiger partial charge in [-0.05, 0) is 47.9 Å². The topological polar surface area (TPSA) is 81.3 Å². The summed E-state index contributed by atoms with van der Waals surface area (Å²) in [5.74, 6) is 0.343. The highest BCUT2D eigenvalue weighted by Gasteiger charge is 2.06. The number of carbonyl (C=O) groups excluding carboxylic acids is 1. The van der Waals surface area contributed by atoms with Crippen LogP contribution in [0.5, 0.6) is 0 Å². The van der Waals surface area contributed by atoms with Gasteiger partial charge in [0.1, 0.15) is 5.82 Å². The first-order valence-corrected chi connectivity index (χ1v) is 9.11. The third kappa shape index (κ3) is 6.45.